The van der Waals surface area contributed by atoms with Gasteiger partial charge in [-0.2, -0.15) is 0 Å². The summed E-state index contributed by atoms with van der Waals surface area (Å²) in [4.78, 5) is 4.18. The first-order valence-electron chi connectivity index (χ1n) is 6.84. The minimum atomic E-state index is -0.276. The van der Waals surface area contributed by atoms with E-state index in [9.17, 15) is 4.39 Å². The molecule has 0 aliphatic rings. The van der Waals surface area contributed by atoms with Crippen LogP contribution in [0.1, 0.15) is 31.3 Å². The highest BCUT2D eigenvalue weighted by atomic mass is 35.5. The van der Waals surface area contributed by atoms with Crippen molar-refractivity contribution in [3.63, 3.8) is 0 Å². The third-order valence-electron chi connectivity index (χ3n) is 3.33. The molecule has 1 atom stereocenters. The Morgan fingerprint density at radius 2 is 2.24 bits per heavy atom. The minimum absolute atomic E-state index is 0.00524. The first-order chi connectivity index (χ1) is 10.0. The number of rotatable bonds is 6. The first-order valence-corrected chi connectivity index (χ1v) is 7.22. The molecule has 2 aromatic rings. The third kappa shape index (κ3) is 3.74. The van der Waals surface area contributed by atoms with Gasteiger partial charge in [-0.3, -0.25) is 0 Å². The summed E-state index contributed by atoms with van der Waals surface area (Å²) in [6, 6.07) is 4.53. The van der Waals surface area contributed by atoms with Gasteiger partial charge in [0.25, 0.3) is 0 Å². The Bertz CT molecular complexity index is 615. The Hall–Kier alpha value is -1.59. The van der Waals surface area contributed by atoms with Crippen LogP contribution in [-0.4, -0.2) is 16.1 Å². The Kier molecular flexibility index (Phi) is 5.20. The number of hydrogen-bond donors (Lipinski definition) is 1. The summed E-state index contributed by atoms with van der Waals surface area (Å²) < 4.78 is 21.0. The summed E-state index contributed by atoms with van der Waals surface area (Å²) in [7, 11) is 1.82. The van der Waals surface area contributed by atoms with Gasteiger partial charge in [0, 0.05) is 18.7 Å². The maximum atomic E-state index is 13.5. The molecule has 1 aromatic heterocycles. The van der Waals surface area contributed by atoms with Crippen molar-refractivity contribution in [3.05, 3.63) is 46.8 Å². The van der Waals surface area contributed by atoms with E-state index in [0.717, 1.165) is 12.1 Å². The summed E-state index contributed by atoms with van der Waals surface area (Å²) in [5.74, 6) is 1.08. The van der Waals surface area contributed by atoms with E-state index in [1.165, 1.54) is 12.1 Å². The van der Waals surface area contributed by atoms with E-state index in [1.54, 1.807) is 16.8 Å². The molecule has 1 heterocycles. The molecule has 114 valence electrons. The molecule has 6 heteroatoms. The van der Waals surface area contributed by atoms with Crippen molar-refractivity contribution < 1.29 is 9.13 Å². The number of halogens is 2. The summed E-state index contributed by atoms with van der Waals surface area (Å²) >= 11 is 5.94. The fourth-order valence-corrected chi connectivity index (χ4v) is 2.25. The van der Waals surface area contributed by atoms with Crippen LogP contribution in [0.2, 0.25) is 5.15 Å². The number of nitrogens with one attached hydrogen (secondary N) is 1. The van der Waals surface area contributed by atoms with Crippen LogP contribution in [0.5, 0.6) is 5.75 Å². The highest BCUT2D eigenvalue weighted by Crippen LogP contribution is 2.27. The zero-order valence-corrected chi connectivity index (χ0v) is 13.1. The lowest BCUT2D eigenvalue weighted by atomic mass is 10.1. The minimum Gasteiger partial charge on any atom is -0.485 e. The number of ether oxygens (including phenoxy) is 1. The molecule has 1 unspecified atom stereocenters. The molecule has 2 rings (SSSR count). The molecule has 0 aliphatic carbocycles. The van der Waals surface area contributed by atoms with E-state index in [1.807, 2.05) is 20.9 Å². The van der Waals surface area contributed by atoms with Gasteiger partial charge in [-0.05, 0) is 31.7 Å². The van der Waals surface area contributed by atoms with Crippen LogP contribution in [0.15, 0.2) is 24.4 Å². The summed E-state index contributed by atoms with van der Waals surface area (Å²) in [6.07, 6.45) is 1.58. The van der Waals surface area contributed by atoms with Crippen LogP contribution >= 0.6 is 11.6 Å². The van der Waals surface area contributed by atoms with Crippen LogP contribution in [0.4, 0.5) is 4.39 Å². The van der Waals surface area contributed by atoms with Crippen LogP contribution in [0, 0.1) is 5.82 Å². The molecule has 0 saturated carbocycles. The molecule has 0 bridgehead atoms. The van der Waals surface area contributed by atoms with Gasteiger partial charge in [0.05, 0.1) is 6.20 Å². The van der Waals surface area contributed by atoms with Gasteiger partial charge in [0.1, 0.15) is 29.2 Å². The van der Waals surface area contributed by atoms with Gasteiger partial charge >= 0.3 is 0 Å². The van der Waals surface area contributed by atoms with E-state index in [2.05, 4.69) is 10.3 Å². The van der Waals surface area contributed by atoms with E-state index in [0.29, 0.717) is 16.7 Å². The second-order valence-electron chi connectivity index (χ2n) is 4.81. The van der Waals surface area contributed by atoms with Crippen molar-refractivity contribution in [2.24, 2.45) is 7.05 Å². The maximum absolute atomic E-state index is 13.5. The molecule has 21 heavy (non-hydrogen) atoms. The summed E-state index contributed by atoms with van der Waals surface area (Å²) in [5, 5.41) is 3.80. The van der Waals surface area contributed by atoms with Crippen LogP contribution in [-0.2, 0) is 13.7 Å². The fraction of sp³-hybridized carbons (Fsp3) is 0.400. The Morgan fingerprint density at radius 1 is 1.48 bits per heavy atom. The molecular formula is C15H19ClFN3O. The maximum Gasteiger partial charge on any atom is 0.147 e. The second kappa shape index (κ2) is 6.91. The third-order valence-corrected chi connectivity index (χ3v) is 3.68. The van der Waals surface area contributed by atoms with Crippen molar-refractivity contribution in [2.45, 2.75) is 26.5 Å². The van der Waals surface area contributed by atoms with Crippen LogP contribution < -0.4 is 10.1 Å². The lowest BCUT2D eigenvalue weighted by molar-refractivity contribution is 0.285. The average Bonchev–Trinajstić information content (AvgIpc) is 2.78. The quantitative estimate of drug-likeness (QED) is 0.888. The van der Waals surface area contributed by atoms with Crippen molar-refractivity contribution in [3.8, 4) is 5.75 Å². The van der Waals surface area contributed by atoms with Gasteiger partial charge in [-0.25, -0.2) is 9.37 Å². The number of nitrogens with zero attached hydrogens (tertiary/aromatic N) is 2. The predicted octanol–water partition coefficient (Wildman–Crippen LogP) is 3.46. The average molecular weight is 312 g/mol. The highest BCUT2D eigenvalue weighted by molar-refractivity contribution is 6.29. The Labute approximate surface area is 128 Å². The molecule has 0 aliphatic heterocycles. The molecule has 0 amide bonds. The zero-order chi connectivity index (χ0) is 15.4. The molecule has 0 radical (unpaired) electrons. The SMILES string of the molecule is CCNC(C)c1cc(F)ccc1OCc1ncc(Cl)n1C. The number of imidazole rings is 1. The highest BCUT2D eigenvalue weighted by Gasteiger charge is 2.13. The smallest absolute Gasteiger partial charge is 0.147 e. The van der Waals surface area contributed by atoms with Gasteiger partial charge in [0.2, 0.25) is 0 Å². The molecular weight excluding hydrogens is 293 g/mol. The van der Waals surface area contributed by atoms with Gasteiger partial charge < -0.3 is 14.6 Å². The van der Waals surface area contributed by atoms with Crippen molar-refractivity contribution in [1.82, 2.24) is 14.9 Å². The van der Waals surface area contributed by atoms with Crippen LogP contribution in [0.3, 0.4) is 0 Å². The number of aromatic nitrogens is 2. The van der Waals surface area contributed by atoms with Gasteiger partial charge in [-0.15, -0.1) is 0 Å². The summed E-state index contributed by atoms with van der Waals surface area (Å²) in [6.45, 7) is 5.06. The molecule has 1 N–H and O–H groups in total. The first kappa shape index (κ1) is 15.8. The summed E-state index contributed by atoms with van der Waals surface area (Å²) in [5.41, 5.74) is 0.789. The Balaban J connectivity index is 2.17. The largest absolute Gasteiger partial charge is 0.485 e. The second-order valence-corrected chi connectivity index (χ2v) is 5.19. The van der Waals surface area contributed by atoms with E-state index < -0.39 is 0 Å². The van der Waals surface area contributed by atoms with Crippen molar-refractivity contribution in [2.75, 3.05) is 6.54 Å². The normalized spacial score (nSPS) is 12.4. The van der Waals surface area contributed by atoms with Gasteiger partial charge in [0.15, 0.2) is 0 Å². The monoisotopic (exact) mass is 311 g/mol. The fourth-order valence-electron chi connectivity index (χ4n) is 2.11. The molecule has 1 aromatic carbocycles. The van der Waals surface area contributed by atoms with E-state index in [4.69, 9.17) is 16.3 Å². The number of hydrogen-bond acceptors (Lipinski definition) is 3. The lowest BCUT2D eigenvalue weighted by Crippen LogP contribution is -2.19. The molecule has 4 nitrogen and oxygen atoms in total. The van der Waals surface area contributed by atoms with E-state index in [-0.39, 0.29) is 18.5 Å². The van der Waals surface area contributed by atoms with Crippen LogP contribution in [0.25, 0.3) is 0 Å². The van der Waals surface area contributed by atoms with E-state index >= 15 is 0 Å². The topological polar surface area (TPSA) is 39.1 Å². The van der Waals surface area contributed by atoms with Crippen molar-refractivity contribution >= 4 is 11.6 Å². The molecule has 0 saturated heterocycles. The van der Waals surface area contributed by atoms with Gasteiger partial charge in [-0.1, -0.05) is 18.5 Å². The number of benzene rings is 1. The zero-order valence-electron chi connectivity index (χ0n) is 12.4. The predicted molar refractivity (Wildman–Crippen MR) is 81.0 cm³/mol. The lowest BCUT2D eigenvalue weighted by Gasteiger charge is -2.17. The molecule has 0 fully saturated rings. The standard InChI is InChI=1S/C15H19ClFN3O/c1-4-18-10(2)12-7-11(17)5-6-13(12)21-9-15-19-8-14(16)20(15)3/h5-8,10,18H,4,9H2,1-3H3. The van der Waals surface area contributed by atoms with Crippen molar-refractivity contribution in [1.29, 1.82) is 0 Å². The molecule has 0 spiro atoms. The Morgan fingerprint density at radius 3 is 2.86 bits per heavy atom.